The van der Waals surface area contributed by atoms with Gasteiger partial charge in [0.15, 0.2) is 0 Å². The van der Waals surface area contributed by atoms with Gasteiger partial charge in [0.25, 0.3) is 5.91 Å². The summed E-state index contributed by atoms with van der Waals surface area (Å²) in [6.07, 6.45) is 1.95. The lowest BCUT2D eigenvalue weighted by Gasteiger charge is -2.13. The SMILES string of the molecule is CCCCOc1ccc(NC(=O)C(=O)Nn2c(C(=O)Nc3ccccc3F)cc3cc(Br)ccc32)cc1. The molecule has 0 spiro atoms. The number of hydrogen-bond acceptors (Lipinski definition) is 4. The van der Waals surface area contributed by atoms with Gasteiger partial charge in [-0.25, -0.2) is 9.07 Å². The number of anilines is 2. The highest BCUT2D eigenvalue weighted by Gasteiger charge is 2.22. The number of aromatic nitrogens is 1. The molecule has 0 fully saturated rings. The fourth-order valence-corrected chi connectivity index (χ4v) is 3.91. The van der Waals surface area contributed by atoms with Gasteiger partial charge in [-0.15, -0.1) is 0 Å². The summed E-state index contributed by atoms with van der Waals surface area (Å²) in [4.78, 5) is 38.4. The van der Waals surface area contributed by atoms with E-state index in [4.69, 9.17) is 4.74 Å². The van der Waals surface area contributed by atoms with Crippen LogP contribution in [0.25, 0.3) is 10.9 Å². The van der Waals surface area contributed by atoms with Crippen LogP contribution in [0.1, 0.15) is 30.3 Å². The Hall–Kier alpha value is -4.18. The zero-order valence-electron chi connectivity index (χ0n) is 19.9. The summed E-state index contributed by atoms with van der Waals surface area (Å²) in [6.45, 7) is 2.67. The number of nitrogens with zero attached hydrogens (tertiary/aromatic N) is 1. The van der Waals surface area contributed by atoms with Gasteiger partial charge in [-0.05, 0) is 67.1 Å². The summed E-state index contributed by atoms with van der Waals surface area (Å²) < 4.78 is 21.6. The summed E-state index contributed by atoms with van der Waals surface area (Å²) in [7, 11) is 0. The van der Waals surface area contributed by atoms with Crippen molar-refractivity contribution in [3.8, 4) is 5.75 Å². The zero-order chi connectivity index (χ0) is 26.4. The fraction of sp³-hybridized carbons (Fsp3) is 0.148. The van der Waals surface area contributed by atoms with E-state index in [-0.39, 0.29) is 11.4 Å². The van der Waals surface area contributed by atoms with Gasteiger partial charge in [0.2, 0.25) is 0 Å². The van der Waals surface area contributed by atoms with Crippen LogP contribution in [0.5, 0.6) is 5.75 Å². The molecule has 0 aliphatic carbocycles. The van der Waals surface area contributed by atoms with Gasteiger partial charge in [-0.3, -0.25) is 19.8 Å². The summed E-state index contributed by atoms with van der Waals surface area (Å²) in [6, 6.07) is 19.1. The number of rotatable bonds is 8. The van der Waals surface area contributed by atoms with Crippen molar-refractivity contribution in [2.75, 3.05) is 22.7 Å². The molecule has 3 aromatic carbocycles. The summed E-state index contributed by atoms with van der Waals surface area (Å²) >= 11 is 3.38. The molecule has 1 heterocycles. The number of nitrogens with one attached hydrogen (secondary N) is 3. The van der Waals surface area contributed by atoms with Crippen molar-refractivity contribution in [3.05, 3.63) is 88.8 Å². The molecule has 0 atom stereocenters. The Labute approximate surface area is 220 Å². The van der Waals surface area contributed by atoms with E-state index < -0.39 is 23.5 Å². The standard InChI is InChI=1S/C27H24BrFN4O4/c1-2-3-14-37-20-11-9-19(10-12-20)30-26(35)27(36)32-33-23-13-8-18(28)15-17(23)16-24(33)25(34)31-22-7-5-4-6-21(22)29/h4-13,15-16H,2-3,14H2,1H3,(H,30,35)(H,31,34)(H,32,36). The molecule has 0 radical (unpaired) electrons. The molecule has 37 heavy (non-hydrogen) atoms. The van der Waals surface area contributed by atoms with E-state index in [0.717, 1.165) is 17.3 Å². The van der Waals surface area contributed by atoms with E-state index in [9.17, 15) is 18.8 Å². The van der Waals surface area contributed by atoms with Crippen molar-refractivity contribution in [2.45, 2.75) is 19.8 Å². The molecule has 0 aliphatic rings. The normalized spacial score (nSPS) is 10.7. The predicted molar refractivity (Wildman–Crippen MR) is 144 cm³/mol. The molecule has 8 nitrogen and oxygen atoms in total. The van der Waals surface area contributed by atoms with E-state index in [2.05, 4.69) is 38.9 Å². The average molecular weight is 567 g/mol. The number of carbonyl (C=O) groups excluding carboxylic acids is 3. The van der Waals surface area contributed by atoms with Crippen LogP contribution in [0.2, 0.25) is 0 Å². The van der Waals surface area contributed by atoms with Crippen molar-refractivity contribution < 1.29 is 23.5 Å². The van der Waals surface area contributed by atoms with E-state index >= 15 is 0 Å². The highest BCUT2D eigenvalue weighted by atomic mass is 79.9. The third kappa shape index (κ3) is 6.34. The van der Waals surface area contributed by atoms with Crippen LogP contribution in [-0.2, 0) is 9.59 Å². The van der Waals surface area contributed by atoms with Crippen molar-refractivity contribution in [3.63, 3.8) is 0 Å². The van der Waals surface area contributed by atoms with Crippen molar-refractivity contribution in [1.82, 2.24) is 4.68 Å². The Kier molecular flexibility index (Phi) is 8.19. The topological polar surface area (TPSA) is 101 Å². The number of ether oxygens (including phenoxy) is 1. The Morgan fingerprint density at radius 2 is 1.70 bits per heavy atom. The second kappa shape index (κ2) is 11.7. The lowest BCUT2D eigenvalue weighted by molar-refractivity contribution is -0.133. The Morgan fingerprint density at radius 1 is 0.946 bits per heavy atom. The van der Waals surface area contributed by atoms with Gasteiger partial charge < -0.3 is 15.4 Å². The molecule has 190 valence electrons. The minimum atomic E-state index is -0.997. The first kappa shape index (κ1) is 25.9. The van der Waals surface area contributed by atoms with Gasteiger partial charge in [-0.1, -0.05) is 41.4 Å². The largest absolute Gasteiger partial charge is 0.494 e. The zero-order valence-corrected chi connectivity index (χ0v) is 21.5. The minimum Gasteiger partial charge on any atom is -0.494 e. The van der Waals surface area contributed by atoms with Crippen LogP contribution in [0.4, 0.5) is 15.8 Å². The second-order valence-corrected chi connectivity index (χ2v) is 9.04. The molecule has 4 rings (SSSR count). The maximum absolute atomic E-state index is 14.1. The molecule has 0 aliphatic heterocycles. The average Bonchev–Trinajstić information content (AvgIpc) is 3.23. The quantitative estimate of drug-likeness (QED) is 0.188. The molecular weight excluding hydrogens is 543 g/mol. The molecule has 3 amide bonds. The summed E-state index contributed by atoms with van der Waals surface area (Å²) in [5.41, 5.74) is 3.33. The number of benzene rings is 3. The molecular formula is C27H24BrFN4O4. The van der Waals surface area contributed by atoms with Gasteiger partial charge >= 0.3 is 11.8 Å². The number of unbranched alkanes of at least 4 members (excludes halogenated alkanes) is 1. The molecule has 0 bridgehead atoms. The molecule has 0 saturated heterocycles. The van der Waals surface area contributed by atoms with Crippen molar-refractivity contribution in [2.24, 2.45) is 0 Å². The van der Waals surface area contributed by atoms with Crippen LogP contribution in [0.3, 0.4) is 0 Å². The van der Waals surface area contributed by atoms with Crippen LogP contribution in [0.15, 0.2) is 77.3 Å². The van der Waals surface area contributed by atoms with Gasteiger partial charge in [0.1, 0.15) is 17.3 Å². The third-order valence-corrected chi connectivity index (χ3v) is 5.91. The number of halogens is 2. The molecule has 0 saturated carbocycles. The molecule has 0 unspecified atom stereocenters. The van der Waals surface area contributed by atoms with Gasteiger partial charge in [0, 0.05) is 15.5 Å². The maximum Gasteiger partial charge on any atom is 0.328 e. The van der Waals surface area contributed by atoms with E-state index in [1.54, 1.807) is 48.5 Å². The monoisotopic (exact) mass is 566 g/mol. The van der Waals surface area contributed by atoms with Crippen LogP contribution < -0.4 is 20.8 Å². The Bertz CT molecular complexity index is 1450. The maximum atomic E-state index is 14.1. The molecule has 4 aromatic rings. The smallest absolute Gasteiger partial charge is 0.328 e. The van der Waals surface area contributed by atoms with Gasteiger partial charge in [-0.2, -0.15) is 0 Å². The highest BCUT2D eigenvalue weighted by molar-refractivity contribution is 9.10. The number of carbonyl (C=O) groups is 3. The van der Waals surface area contributed by atoms with E-state index in [0.29, 0.717) is 28.9 Å². The lowest BCUT2D eigenvalue weighted by atomic mass is 10.2. The first-order valence-corrected chi connectivity index (χ1v) is 12.4. The van der Waals surface area contributed by atoms with E-state index in [1.807, 2.05) is 0 Å². The lowest BCUT2D eigenvalue weighted by Crippen LogP contribution is -2.36. The number of fused-ring (bicyclic) bond motifs is 1. The first-order valence-electron chi connectivity index (χ1n) is 11.6. The van der Waals surface area contributed by atoms with Crippen LogP contribution in [-0.4, -0.2) is 29.0 Å². The fourth-order valence-electron chi connectivity index (χ4n) is 3.53. The Morgan fingerprint density at radius 3 is 2.43 bits per heavy atom. The van der Waals surface area contributed by atoms with E-state index in [1.165, 1.54) is 28.9 Å². The summed E-state index contributed by atoms with van der Waals surface area (Å²) in [5, 5.41) is 5.64. The van der Waals surface area contributed by atoms with Crippen LogP contribution >= 0.6 is 15.9 Å². The van der Waals surface area contributed by atoms with Gasteiger partial charge in [0.05, 0.1) is 17.8 Å². The number of amides is 3. The predicted octanol–water partition coefficient (Wildman–Crippen LogP) is 5.68. The van der Waals surface area contributed by atoms with Crippen LogP contribution in [0, 0.1) is 5.82 Å². The molecule has 10 heteroatoms. The van der Waals surface area contributed by atoms with Crippen molar-refractivity contribution >= 4 is 55.9 Å². The highest BCUT2D eigenvalue weighted by Crippen LogP contribution is 2.24. The van der Waals surface area contributed by atoms with Crippen molar-refractivity contribution in [1.29, 1.82) is 0 Å². The second-order valence-electron chi connectivity index (χ2n) is 8.12. The number of para-hydroxylation sites is 1. The summed E-state index contributed by atoms with van der Waals surface area (Å²) in [5.74, 6) is -2.54. The minimum absolute atomic E-state index is 0.00563. The first-order chi connectivity index (χ1) is 17.9. The number of hydrogen-bond donors (Lipinski definition) is 3. The Balaban J connectivity index is 1.52. The molecule has 1 aromatic heterocycles. The molecule has 3 N–H and O–H groups in total. The third-order valence-electron chi connectivity index (χ3n) is 5.42.